The monoisotopic (exact) mass is 230 g/mol. The highest BCUT2D eigenvalue weighted by atomic mass is 19.4. The van der Waals surface area contributed by atoms with Gasteiger partial charge in [0.05, 0.1) is 18.1 Å². The van der Waals surface area contributed by atoms with E-state index in [1.165, 1.54) is 18.6 Å². The predicted molar refractivity (Wildman–Crippen MR) is 49.1 cm³/mol. The van der Waals surface area contributed by atoms with Crippen LogP contribution in [0.1, 0.15) is 5.56 Å². The van der Waals surface area contributed by atoms with E-state index in [2.05, 4.69) is 0 Å². The molecular weight excluding hydrogens is 224 g/mol. The van der Waals surface area contributed by atoms with Crippen LogP contribution in [0.5, 0.6) is 0 Å². The van der Waals surface area contributed by atoms with Crippen LogP contribution in [0.4, 0.5) is 17.6 Å². The molecule has 0 saturated carbocycles. The molecule has 0 spiro atoms. The first-order chi connectivity index (χ1) is 7.48. The lowest BCUT2D eigenvalue weighted by molar-refractivity contribution is -0.137. The van der Waals surface area contributed by atoms with Gasteiger partial charge in [-0.25, -0.2) is 4.39 Å². The Kier molecular flexibility index (Phi) is 2.46. The molecule has 84 valence electrons. The van der Waals surface area contributed by atoms with Crippen LogP contribution in [0.15, 0.2) is 41.2 Å². The van der Waals surface area contributed by atoms with Gasteiger partial charge in [-0.05, 0) is 18.2 Å². The first-order valence-corrected chi connectivity index (χ1v) is 4.38. The predicted octanol–water partition coefficient (Wildman–Crippen LogP) is 4.10. The molecule has 1 nitrogen and oxygen atoms in total. The number of furan rings is 1. The second-order valence-corrected chi connectivity index (χ2v) is 3.20. The fraction of sp³-hybridized carbons (Fsp3) is 0.0909. The van der Waals surface area contributed by atoms with Gasteiger partial charge in [-0.1, -0.05) is 6.07 Å². The summed E-state index contributed by atoms with van der Waals surface area (Å²) in [5.74, 6) is -0.920. The van der Waals surface area contributed by atoms with Crippen molar-refractivity contribution in [1.82, 2.24) is 0 Å². The Labute approximate surface area is 88.3 Å². The van der Waals surface area contributed by atoms with Crippen LogP contribution < -0.4 is 0 Å². The summed E-state index contributed by atoms with van der Waals surface area (Å²) in [5, 5.41) is 0. The third-order valence-electron chi connectivity index (χ3n) is 2.13. The van der Waals surface area contributed by atoms with Crippen molar-refractivity contribution in [3.8, 4) is 11.1 Å². The highest BCUT2D eigenvalue weighted by molar-refractivity contribution is 5.63. The Morgan fingerprint density at radius 1 is 1.06 bits per heavy atom. The zero-order chi connectivity index (χ0) is 11.8. The second kappa shape index (κ2) is 3.66. The third kappa shape index (κ3) is 1.93. The first kappa shape index (κ1) is 10.7. The summed E-state index contributed by atoms with van der Waals surface area (Å²) >= 11 is 0. The molecule has 0 fully saturated rings. The minimum atomic E-state index is -4.53. The molecule has 1 aromatic carbocycles. The average Bonchev–Trinajstić information content (AvgIpc) is 2.69. The van der Waals surface area contributed by atoms with Crippen LogP contribution in [0.25, 0.3) is 11.1 Å². The maximum absolute atomic E-state index is 13.4. The molecule has 1 heterocycles. The quantitative estimate of drug-likeness (QED) is 0.672. The van der Waals surface area contributed by atoms with Crippen LogP contribution >= 0.6 is 0 Å². The van der Waals surface area contributed by atoms with Crippen molar-refractivity contribution in [1.29, 1.82) is 0 Å². The van der Waals surface area contributed by atoms with Crippen molar-refractivity contribution >= 4 is 0 Å². The van der Waals surface area contributed by atoms with Gasteiger partial charge in [-0.2, -0.15) is 13.2 Å². The number of alkyl halides is 3. The lowest BCUT2D eigenvalue weighted by Crippen LogP contribution is -2.05. The van der Waals surface area contributed by atoms with E-state index < -0.39 is 17.6 Å². The molecule has 1 aromatic heterocycles. The summed E-state index contributed by atoms with van der Waals surface area (Å²) < 4.78 is 54.9. The number of benzene rings is 1. The van der Waals surface area contributed by atoms with Crippen LogP contribution in [0.2, 0.25) is 0 Å². The second-order valence-electron chi connectivity index (χ2n) is 3.20. The lowest BCUT2D eigenvalue weighted by Gasteiger charge is -2.07. The zero-order valence-corrected chi connectivity index (χ0v) is 7.88. The molecule has 0 radical (unpaired) electrons. The van der Waals surface area contributed by atoms with Gasteiger partial charge in [-0.3, -0.25) is 0 Å². The van der Waals surface area contributed by atoms with E-state index in [0.717, 1.165) is 12.1 Å². The SMILES string of the molecule is Fc1cc(C(F)(F)F)ccc1-c1ccoc1. The molecule has 0 atom stereocenters. The number of hydrogen-bond donors (Lipinski definition) is 0. The molecule has 5 heteroatoms. The minimum absolute atomic E-state index is 0.0850. The Balaban J connectivity index is 2.46. The Morgan fingerprint density at radius 2 is 1.81 bits per heavy atom. The Bertz CT molecular complexity index is 485. The summed E-state index contributed by atoms with van der Waals surface area (Å²) in [5.41, 5.74) is -0.509. The molecule has 0 aliphatic carbocycles. The van der Waals surface area contributed by atoms with E-state index >= 15 is 0 Å². The molecule has 0 amide bonds. The fourth-order valence-corrected chi connectivity index (χ4v) is 1.34. The number of halogens is 4. The molecule has 2 aromatic rings. The largest absolute Gasteiger partial charge is 0.472 e. The van der Waals surface area contributed by atoms with E-state index in [1.807, 2.05) is 0 Å². The van der Waals surface area contributed by atoms with Crippen LogP contribution in [-0.2, 0) is 6.18 Å². The van der Waals surface area contributed by atoms with Gasteiger partial charge in [0, 0.05) is 11.1 Å². The first-order valence-electron chi connectivity index (χ1n) is 4.38. The zero-order valence-electron chi connectivity index (χ0n) is 7.88. The standard InChI is InChI=1S/C11H6F4O/c12-10-5-8(11(13,14)15)1-2-9(10)7-3-4-16-6-7/h1-6H. The van der Waals surface area contributed by atoms with E-state index in [1.54, 1.807) is 0 Å². The van der Waals surface area contributed by atoms with Crippen molar-refractivity contribution in [2.45, 2.75) is 6.18 Å². The summed E-state index contributed by atoms with van der Waals surface area (Å²) in [7, 11) is 0. The van der Waals surface area contributed by atoms with E-state index in [9.17, 15) is 17.6 Å². The molecule has 16 heavy (non-hydrogen) atoms. The molecule has 0 unspecified atom stereocenters. The maximum atomic E-state index is 13.4. The van der Waals surface area contributed by atoms with Gasteiger partial charge in [0.25, 0.3) is 0 Å². The molecular formula is C11H6F4O. The van der Waals surface area contributed by atoms with Crippen LogP contribution in [-0.4, -0.2) is 0 Å². The molecule has 2 rings (SSSR count). The third-order valence-corrected chi connectivity index (χ3v) is 2.13. The van der Waals surface area contributed by atoms with Crippen molar-refractivity contribution in [3.05, 3.63) is 48.2 Å². The van der Waals surface area contributed by atoms with Gasteiger partial charge in [0.2, 0.25) is 0 Å². The van der Waals surface area contributed by atoms with Gasteiger partial charge < -0.3 is 4.42 Å². The molecule has 0 aliphatic heterocycles. The van der Waals surface area contributed by atoms with Gasteiger partial charge in [0.1, 0.15) is 5.82 Å². The summed E-state index contributed by atoms with van der Waals surface area (Å²) in [6.07, 6.45) is -1.94. The molecule has 0 aliphatic rings. The van der Waals surface area contributed by atoms with Crippen molar-refractivity contribution in [2.24, 2.45) is 0 Å². The van der Waals surface area contributed by atoms with Crippen molar-refractivity contribution in [3.63, 3.8) is 0 Å². The Hall–Kier alpha value is -1.78. The van der Waals surface area contributed by atoms with Gasteiger partial charge in [0.15, 0.2) is 0 Å². The van der Waals surface area contributed by atoms with E-state index in [4.69, 9.17) is 4.42 Å². The lowest BCUT2D eigenvalue weighted by atomic mass is 10.1. The van der Waals surface area contributed by atoms with E-state index in [-0.39, 0.29) is 5.56 Å². The van der Waals surface area contributed by atoms with E-state index in [0.29, 0.717) is 11.6 Å². The van der Waals surface area contributed by atoms with Crippen LogP contribution in [0, 0.1) is 5.82 Å². The topological polar surface area (TPSA) is 13.1 Å². The average molecular weight is 230 g/mol. The summed E-state index contributed by atoms with van der Waals surface area (Å²) in [6.45, 7) is 0. The maximum Gasteiger partial charge on any atom is 0.416 e. The number of rotatable bonds is 1. The summed E-state index contributed by atoms with van der Waals surface area (Å²) in [6, 6.07) is 3.88. The van der Waals surface area contributed by atoms with Gasteiger partial charge >= 0.3 is 6.18 Å². The van der Waals surface area contributed by atoms with Crippen LogP contribution in [0.3, 0.4) is 0 Å². The highest BCUT2D eigenvalue weighted by Gasteiger charge is 2.31. The number of hydrogen-bond acceptors (Lipinski definition) is 1. The molecule has 0 saturated heterocycles. The smallest absolute Gasteiger partial charge is 0.416 e. The van der Waals surface area contributed by atoms with Crippen molar-refractivity contribution < 1.29 is 22.0 Å². The van der Waals surface area contributed by atoms with Gasteiger partial charge in [-0.15, -0.1) is 0 Å². The minimum Gasteiger partial charge on any atom is -0.472 e. The highest BCUT2D eigenvalue weighted by Crippen LogP contribution is 2.32. The fourth-order valence-electron chi connectivity index (χ4n) is 1.34. The Morgan fingerprint density at radius 3 is 2.31 bits per heavy atom. The molecule has 0 N–H and O–H groups in total. The van der Waals surface area contributed by atoms with Crippen molar-refractivity contribution in [2.75, 3.05) is 0 Å². The summed E-state index contributed by atoms with van der Waals surface area (Å²) in [4.78, 5) is 0. The molecule has 0 bridgehead atoms. The normalized spacial score (nSPS) is 11.8.